The number of hydrogen-bond acceptors (Lipinski definition) is 5. The molecule has 0 bridgehead atoms. The molecule has 0 N–H and O–H groups in total. The van der Waals surface area contributed by atoms with E-state index in [1.807, 2.05) is 0 Å². The molecule has 1 aliphatic carbocycles. The van der Waals surface area contributed by atoms with Gasteiger partial charge in [0.05, 0.1) is 12.0 Å². The smallest absolute Gasteiger partial charge is 0.253 e. The van der Waals surface area contributed by atoms with E-state index < -0.39 is 0 Å². The maximum Gasteiger partial charge on any atom is 0.253 e. The largest absolute Gasteiger partial charge is 0.356 e. The highest BCUT2D eigenvalue weighted by atomic mass is 16.1. The lowest BCUT2D eigenvalue weighted by atomic mass is 9.83. The van der Waals surface area contributed by atoms with Crippen molar-refractivity contribution >= 4 is 5.82 Å². The highest BCUT2D eigenvalue weighted by molar-refractivity contribution is 5.40. The fourth-order valence-electron chi connectivity index (χ4n) is 4.06. The van der Waals surface area contributed by atoms with Gasteiger partial charge in [-0.05, 0) is 31.6 Å². The van der Waals surface area contributed by atoms with Crippen molar-refractivity contribution in [2.75, 3.05) is 18.0 Å². The van der Waals surface area contributed by atoms with E-state index in [-0.39, 0.29) is 11.0 Å². The Morgan fingerprint density at radius 2 is 1.79 bits per heavy atom. The molecule has 0 atom stereocenters. The summed E-state index contributed by atoms with van der Waals surface area (Å²) in [6.07, 6.45) is 9.42. The lowest BCUT2D eigenvalue weighted by Gasteiger charge is -2.33. The summed E-state index contributed by atoms with van der Waals surface area (Å²) in [5.74, 6) is 2.20. The molecule has 2 aromatic rings. The van der Waals surface area contributed by atoms with Crippen molar-refractivity contribution < 1.29 is 0 Å². The highest BCUT2D eigenvalue weighted by Crippen LogP contribution is 2.36. The molecule has 1 aliphatic heterocycles. The van der Waals surface area contributed by atoms with Crippen LogP contribution in [0.2, 0.25) is 0 Å². The summed E-state index contributed by atoms with van der Waals surface area (Å²) in [6, 6.07) is 3.88. The zero-order valence-electron chi connectivity index (χ0n) is 17.3. The third kappa shape index (κ3) is 4.10. The molecule has 3 heterocycles. The molecule has 0 amide bonds. The Labute approximate surface area is 167 Å². The van der Waals surface area contributed by atoms with Crippen molar-refractivity contribution in [1.82, 2.24) is 19.5 Å². The van der Waals surface area contributed by atoms with E-state index in [9.17, 15) is 4.79 Å². The Morgan fingerprint density at radius 3 is 2.39 bits per heavy atom. The van der Waals surface area contributed by atoms with Crippen LogP contribution in [0.15, 0.2) is 29.6 Å². The monoisotopic (exact) mass is 381 g/mol. The molecule has 0 unspecified atom stereocenters. The Morgan fingerprint density at radius 1 is 1.04 bits per heavy atom. The average Bonchev–Trinajstić information content (AvgIpc) is 2.62. The minimum atomic E-state index is -0.0978. The minimum Gasteiger partial charge on any atom is -0.356 e. The molecule has 1 saturated heterocycles. The van der Waals surface area contributed by atoms with Crippen LogP contribution in [0.1, 0.15) is 70.2 Å². The molecule has 0 aromatic carbocycles. The third-order valence-corrected chi connectivity index (χ3v) is 6.24. The van der Waals surface area contributed by atoms with Gasteiger partial charge in [0.1, 0.15) is 12.1 Å². The van der Waals surface area contributed by atoms with Crippen LogP contribution in [-0.4, -0.2) is 32.6 Å². The number of piperidine rings is 1. The Bertz CT molecular complexity index is 873. The van der Waals surface area contributed by atoms with Crippen LogP contribution >= 0.6 is 0 Å². The summed E-state index contributed by atoms with van der Waals surface area (Å²) in [4.78, 5) is 28.3. The molecule has 6 heteroatoms. The van der Waals surface area contributed by atoms with E-state index in [2.05, 4.69) is 46.7 Å². The summed E-state index contributed by atoms with van der Waals surface area (Å²) in [6.45, 7) is 8.96. The van der Waals surface area contributed by atoms with Gasteiger partial charge in [0, 0.05) is 48.8 Å². The zero-order chi connectivity index (χ0) is 19.7. The van der Waals surface area contributed by atoms with E-state index in [0.717, 1.165) is 44.0 Å². The number of rotatable bonds is 4. The first-order valence-corrected chi connectivity index (χ1v) is 10.5. The van der Waals surface area contributed by atoms with Crippen LogP contribution in [0.3, 0.4) is 0 Å². The maximum atomic E-state index is 12.5. The molecule has 150 valence electrons. The van der Waals surface area contributed by atoms with Gasteiger partial charge in [-0.3, -0.25) is 9.36 Å². The summed E-state index contributed by atoms with van der Waals surface area (Å²) < 4.78 is 1.77. The first kappa shape index (κ1) is 19.1. The number of hydrogen-bond donors (Lipinski definition) is 0. The van der Waals surface area contributed by atoms with Gasteiger partial charge in [-0.15, -0.1) is 0 Å². The van der Waals surface area contributed by atoms with Crippen LogP contribution in [0.5, 0.6) is 0 Å². The van der Waals surface area contributed by atoms with Gasteiger partial charge in [-0.1, -0.05) is 27.2 Å². The second-order valence-corrected chi connectivity index (χ2v) is 9.37. The predicted molar refractivity (Wildman–Crippen MR) is 111 cm³/mol. The molecular weight excluding hydrogens is 350 g/mol. The van der Waals surface area contributed by atoms with Gasteiger partial charge < -0.3 is 4.90 Å². The molecule has 6 nitrogen and oxygen atoms in total. The quantitative estimate of drug-likeness (QED) is 0.811. The summed E-state index contributed by atoms with van der Waals surface area (Å²) in [5, 5.41) is 0. The molecule has 0 radical (unpaired) electrons. The Kier molecular flexibility index (Phi) is 5.21. The lowest BCUT2D eigenvalue weighted by Crippen LogP contribution is -2.37. The predicted octanol–water partition coefficient (Wildman–Crippen LogP) is 3.51. The fourth-order valence-corrected chi connectivity index (χ4v) is 4.06. The van der Waals surface area contributed by atoms with Gasteiger partial charge in [0.25, 0.3) is 5.56 Å². The Hall–Kier alpha value is -2.24. The molecule has 2 aliphatic rings. The molecule has 2 aromatic heterocycles. The molecule has 2 fully saturated rings. The first-order chi connectivity index (χ1) is 13.4. The standard InChI is InChI=1S/C22H31N5O/c1-22(2,3)19-12-21(28)27(15-25-19)13-16-7-9-26(10-8-16)20-11-18(23-14-24-20)17-5-4-6-17/h11-12,14-17H,4-10,13H2,1-3H3. The van der Waals surface area contributed by atoms with Crippen LogP contribution in [0, 0.1) is 5.92 Å². The number of nitrogens with zero attached hydrogens (tertiary/aromatic N) is 5. The van der Waals surface area contributed by atoms with Crippen molar-refractivity contribution in [2.45, 2.75) is 70.8 Å². The van der Waals surface area contributed by atoms with Crippen molar-refractivity contribution in [3.8, 4) is 0 Å². The molecular formula is C22H31N5O. The van der Waals surface area contributed by atoms with E-state index in [0.29, 0.717) is 11.8 Å². The van der Waals surface area contributed by atoms with E-state index >= 15 is 0 Å². The van der Waals surface area contributed by atoms with Crippen LogP contribution in [-0.2, 0) is 12.0 Å². The van der Waals surface area contributed by atoms with Gasteiger partial charge in [0.15, 0.2) is 0 Å². The summed E-state index contributed by atoms with van der Waals surface area (Å²) in [5.41, 5.74) is 2.02. The maximum absolute atomic E-state index is 12.5. The van der Waals surface area contributed by atoms with Gasteiger partial charge >= 0.3 is 0 Å². The van der Waals surface area contributed by atoms with Crippen LogP contribution in [0.25, 0.3) is 0 Å². The molecule has 1 saturated carbocycles. The van der Waals surface area contributed by atoms with Gasteiger partial charge in [-0.25, -0.2) is 15.0 Å². The molecule has 0 spiro atoms. The number of aromatic nitrogens is 4. The van der Waals surface area contributed by atoms with Crippen molar-refractivity contribution in [1.29, 1.82) is 0 Å². The van der Waals surface area contributed by atoms with Crippen LogP contribution < -0.4 is 10.5 Å². The van der Waals surface area contributed by atoms with Crippen molar-refractivity contribution in [3.63, 3.8) is 0 Å². The SMILES string of the molecule is CC(C)(C)c1cc(=O)n(CC2CCN(c3cc(C4CCC4)ncn3)CC2)cn1. The lowest BCUT2D eigenvalue weighted by molar-refractivity contribution is 0.349. The second-order valence-electron chi connectivity index (χ2n) is 9.37. The molecule has 4 rings (SSSR count). The fraction of sp³-hybridized carbons (Fsp3) is 0.636. The summed E-state index contributed by atoms with van der Waals surface area (Å²) >= 11 is 0. The van der Waals surface area contributed by atoms with E-state index in [1.165, 1.54) is 25.0 Å². The van der Waals surface area contributed by atoms with Crippen LogP contribution in [0.4, 0.5) is 5.82 Å². The van der Waals surface area contributed by atoms with E-state index in [4.69, 9.17) is 0 Å². The minimum absolute atomic E-state index is 0.0586. The average molecular weight is 382 g/mol. The topological polar surface area (TPSA) is 63.9 Å². The Balaban J connectivity index is 1.36. The normalized spacial score (nSPS) is 18.9. The van der Waals surface area contributed by atoms with Crippen molar-refractivity contribution in [2.24, 2.45) is 5.92 Å². The first-order valence-electron chi connectivity index (χ1n) is 10.5. The second kappa shape index (κ2) is 7.64. The molecule has 28 heavy (non-hydrogen) atoms. The van der Waals surface area contributed by atoms with Gasteiger partial charge in [0.2, 0.25) is 0 Å². The van der Waals surface area contributed by atoms with E-state index in [1.54, 1.807) is 23.3 Å². The van der Waals surface area contributed by atoms with Gasteiger partial charge in [-0.2, -0.15) is 0 Å². The zero-order valence-corrected chi connectivity index (χ0v) is 17.3. The summed E-state index contributed by atoms with van der Waals surface area (Å²) in [7, 11) is 0. The third-order valence-electron chi connectivity index (χ3n) is 6.24. The highest BCUT2D eigenvalue weighted by Gasteiger charge is 2.25. The number of anilines is 1. The van der Waals surface area contributed by atoms with Crippen molar-refractivity contribution in [3.05, 3.63) is 46.5 Å².